The third kappa shape index (κ3) is 4.14. The van der Waals surface area contributed by atoms with Crippen LogP contribution in [0.15, 0.2) is 48.5 Å². The van der Waals surface area contributed by atoms with Crippen LogP contribution in [0.3, 0.4) is 0 Å². The molecule has 1 aliphatic heterocycles. The van der Waals surface area contributed by atoms with Crippen LogP contribution in [-0.2, 0) is 27.8 Å². The summed E-state index contributed by atoms with van der Waals surface area (Å²) in [5.41, 5.74) is 2.78. The molecule has 25 heavy (non-hydrogen) atoms. The van der Waals surface area contributed by atoms with Gasteiger partial charge in [-0.15, -0.1) is 0 Å². The third-order valence-electron chi connectivity index (χ3n) is 4.28. The lowest BCUT2D eigenvalue weighted by Crippen LogP contribution is -2.44. The molecule has 2 aromatic carbocycles. The smallest absolute Gasteiger partial charge is 0.243 e. The van der Waals surface area contributed by atoms with E-state index in [-0.39, 0.29) is 12.5 Å². The van der Waals surface area contributed by atoms with Gasteiger partial charge in [-0.1, -0.05) is 35.9 Å². The largest absolute Gasteiger partial charge is 0.336 e. The van der Waals surface area contributed by atoms with Gasteiger partial charge in [-0.3, -0.25) is 9.10 Å². The highest BCUT2D eigenvalue weighted by Gasteiger charge is 2.26. The van der Waals surface area contributed by atoms with Crippen molar-refractivity contribution >= 4 is 33.2 Å². The fraction of sp³-hybridized carbons (Fsp3) is 0.278. The molecular weight excluding hydrogens is 360 g/mol. The Morgan fingerprint density at radius 1 is 1.12 bits per heavy atom. The number of nitrogens with zero attached hydrogens (tertiary/aromatic N) is 2. The number of sulfonamides is 1. The van der Waals surface area contributed by atoms with Gasteiger partial charge < -0.3 is 4.90 Å². The van der Waals surface area contributed by atoms with Gasteiger partial charge in [0.2, 0.25) is 15.9 Å². The van der Waals surface area contributed by atoms with Crippen LogP contribution in [0.25, 0.3) is 0 Å². The molecule has 0 atom stereocenters. The molecule has 0 N–H and O–H groups in total. The van der Waals surface area contributed by atoms with Gasteiger partial charge in [0, 0.05) is 18.1 Å². The van der Waals surface area contributed by atoms with Gasteiger partial charge in [-0.05, 0) is 41.8 Å². The second-order valence-electron chi connectivity index (χ2n) is 6.08. The quantitative estimate of drug-likeness (QED) is 0.821. The van der Waals surface area contributed by atoms with Crippen molar-refractivity contribution in [3.63, 3.8) is 0 Å². The first kappa shape index (κ1) is 17.8. The summed E-state index contributed by atoms with van der Waals surface area (Å²) < 4.78 is 25.4. The summed E-state index contributed by atoms with van der Waals surface area (Å²) in [7, 11) is -3.58. The van der Waals surface area contributed by atoms with Crippen molar-refractivity contribution in [3.8, 4) is 0 Å². The van der Waals surface area contributed by atoms with Crippen LogP contribution >= 0.6 is 11.6 Å². The predicted molar refractivity (Wildman–Crippen MR) is 99.2 cm³/mol. The summed E-state index contributed by atoms with van der Waals surface area (Å²) in [5, 5.41) is 0.510. The van der Waals surface area contributed by atoms with Crippen LogP contribution in [0.1, 0.15) is 11.1 Å². The first-order valence-electron chi connectivity index (χ1n) is 7.92. The van der Waals surface area contributed by atoms with Crippen molar-refractivity contribution in [2.75, 3.05) is 23.7 Å². The molecule has 1 amide bonds. The zero-order valence-corrected chi connectivity index (χ0v) is 15.4. The number of amides is 1. The monoisotopic (exact) mass is 378 g/mol. The zero-order valence-electron chi connectivity index (χ0n) is 13.9. The Kier molecular flexibility index (Phi) is 5.01. The SMILES string of the molecule is CS(=O)(=O)N(CC(=O)N1CCc2ccccc2C1)c1ccc(Cl)cc1. The molecule has 0 bridgehead atoms. The van der Waals surface area contributed by atoms with Crippen molar-refractivity contribution in [2.45, 2.75) is 13.0 Å². The average molecular weight is 379 g/mol. The van der Waals surface area contributed by atoms with E-state index < -0.39 is 10.0 Å². The van der Waals surface area contributed by atoms with Gasteiger partial charge >= 0.3 is 0 Å². The molecule has 1 aliphatic rings. The fourth-order valence-corrected chi connectivity index (χ4v) is 3.91. The number of hydrogen-bond acceptors (Lipinski definition) is 3. The summed E-state index contributed by atoms with van der Waals surface area (Å²) in [5.74, 6) is -0.213. The number of fused-ring (bicyclic) bond motifs is 1. The van der Waals surface area contributed by atoms with Crippen LogP contribution in [-0.4, -0.2) is 38.6 Å². The van der Waals surface area contributed by atoms with E-state index in [0.29, 0.717) is 23.8 Å². The average Bonchev–Trinajstić information content (AvgIpc) is 2.59. The first-order valence-corrected chi connectivity index (χ1v) is 10.1. The van der Waals surface area contributed by atoms with Crippen molar-refractivity contribution in [1.29, 1.82) is 0 Å². The Morgan fingerprint density at radius 3 is 2.40 bits per heavy atom. The Hall–Kier alpha value is -2.05. The normalized spacial score (nSPS) is 14.1. The van der Waals surface area contributed by atoms with Gasteiger partial charge in [0.1, 0.15) is 6.54 Å². The van der Waals surface area contributed by atoms with E-state index in [2.05, 4.69) is 6.07 Å². The molecule has 0 saturated carbocycles. The number of carbonyl (C=O) groups is 1. The molecular formula is C18H19ClN2O3S. The number of rotatable bonds is 4. The predicted octanol–water partition coefficient (Wildman–Crippen LogP) is 2.69. The summed E-state index contributed by atoms with van der Waals surface area (Å²) in [6.07, 6.45) is 1.88. The summed E-state index contributed by atoms with van der Waals surface area (Å²) in [6.45, 7) is 0.879. The van der Waals surface area contributed by atoms with Gasteiger partial charge in [0.25, 0.3) is 0 Å². The minimum atomic E-state index is -3.58. The Morgan fingerprint density at radius 2 is 1.76 bits per heavy atom. The van der Waals surface area contributed by atoms with Crippen LogP contribution in [0.2, 0.25) is 5.02 Å². The van der Waals surface area contributed by atoms with E-state index in [1.54, 1.807) is 29.2 Å². The molecule has 1 heterocycles. The Bertz CT molecular complexity index is 881. The number of anilines is 1. The topological polar surface area (TPSA) is 57.7 Å². The van der Waals surface area contributed by atoms with Gasteiger partial charge in [-0.2, -0.15) is 0 Å². The lowest BCUT2D eigenvalue weighted by Gasteiger charge is -2.31. The first-order chi connectivity index (χ1) is 11.8. The lowest BCUT2D eigenvalue weighted by molar-refractivity contribution is -0.130. The minimum Gasteiger partial charge on any atom is -0.336 e. The van der Waals surface area contributed by atoms with Gasteiger partial charge in [0.05, 0.1) is 11.9 Å². The molecule has 7 heteroatoms. The minimum absolute atomic E-state index is 0.213. The summed E-state index contributed by atoms with van der Waals surface area (Å²) in [6, 6.07) is 14.4. The molecule has 0 saturated heterocycles. The van der Waals surface area contributed by atoms with Crippen LogP contribution in [0.5, 0.6) is 0 Å². The maximum Gasteiger partial charge on any atom is 0.243 e. The van der Waals surface area contributed by atoms with E-state index in [1.165, 1.54) is 5.56 Å². The molecule has 0 aliphatic carbocycles. The summed E-state index contributed by atoms with van der Waals surface area (Å²) in [4.78, 5) is 14.4. The van der Waals surface area contributed by atoms with Crippen LogP contribution < -0.4 is 4.31 Å². The third-order valence-corrected chi connectivity index (χ3v) is 5.67. The van der Waals surface area contributed by atoms with Gasteiger partial charge in [-0.25, -0.2) is 8.42 Å². The Balaban J connectivity index is 1.79. The molecule has 5 nitrogen and oxygen atoms in total. The standard InChI is InChI=1S/C18H19ClN2O3S/c1-25(23,24)21(17-8-6-16(19)7-9-17)13-18(22)20-11-10-14-4-2-3-5-15(14)12-20/h2-9H,10-13H2,1H3. The van der Waals surface area contributed by atoms with Crippen molar-refractivity contribution in [3.05, 3.63) is 64.7 Å². The van der Waals surface area contributed by atoms with E-state index in [9.17, 15) is 13.2 Å². The maximum absolute atomic E-state index is 12.7. The zero-order chi connectivity index (χ0) is 18.0. The number of hydrogen-bond donors (Lipinski definition) is 0. The Labute approximate surface area is 152 Å². The highest BCUT2D eigenvalue weighted by atomic mass is 35.5. The van der Waals surface area contributed by atoms with Crippen molar-refractivity contribution in [1.82, 2.24) is 4.90 Å². The van der Waals surface area contributed by atoms with E-state index >= 15 is 0 Å². The summed E-state index contributed by atoms with van der Waals surface area (Å²) >= 11 is 5.86. The van der Waals surface area contributed by atoms with Crippen LogP contribution in [0.4, 0.5) is 5.69 Å². The van der Waals surface area contributed by atoms with Crippen molar-refractivity contribution < 1.29 is 13.2 Å². The molecule has 3 rings (SSSR count). The van der Waals surface area contributed by atoms with E-state index in [1.807, 2.05) is 18.2 Å². The van der Waals surface area contributed by atoms with Crippen molar-refractivity contribution in [2.24, 2.45) is 0 Å². The van der Waals surface area contributed by atoms with Crippen LogP contribution in [0, 0.1) is 0 Å². The number of halogens is 1. The molecule has 0 spiro atoms. The highest BCUT2D eigenvalue weighted by molar-refractivity contribution is 7.92. The molecule has 0 aromatic heterocycles. The molecule has 132 valence electrons. The molecule has 0 unspecified atom stereocenters. The molecule has 0 radical (unpaired) electrons. The fourth-order valence-electron chi connectivity index (χ4n) is 2.94. The number of benzene rings is 2. The van der Waals surface area contributed by atoms with Gasteiger partial charge in [0.15, 0.2) is 0 Å². The molecule has 2 aromatic rings. The highest BCUT2D eigenvalue weighted by Crippen LogP contribution is 2.22. The van der Waals surface area contributed by atoms with E-state index in [4.69, 9.17) is 11.6 Å². The van der Waals surface area contributed by atoms with E-state index in [0.717, 1.165) is 22.5 Å². The molecule has 0 fully saturated rings. The second kappa shape index (κ2) is 7.06. The lowest BCUT2D eigenvalue weighted by atomic mass is 10.00. The number of carbonyl (C=O) groups excluding carboxylic acids is 1. The second-order valence-corrected chi connectivity index (χ2v) is 8.42. The maximum atomic E-state index is 12.7.